The average Bonchev–Trinajstić information content (AvgIpc) is 3.02. The second-order valence-corrected chi connectivity index (χ2v) is 4.81. The lowest BCUT2D eigenvalue weighted by Gasteiger charge is -2.16. The number of aliphatic hydroxyl groups is 1. The van der Waals surface area contributed by atoms with Crippen LogP contribution in [-0.2, 0) is 0 Å². The molecule has 2 aromatic rings. The number of benzene rings is 1. The average molecular weight is 325 g/mol. The molecule has 0 unspecified atom stereocenters. The van der Waals surface area contributed by atoms with Crippen LogP contribution in [0.1, 0.15) is 18.7 Å². The first-order valence-corrected chi connectivity index (χ1v) is 7.16. The van der Waals surface area contributed by atoms with Crippen molar-refractivity contribution in [3.05, 3.63) is 47.4 Å². The number of aliphatic hydroxyl groups excluding tert-OH is 1. The van der Waals surface area contributed by atoms with E-state index in [4.69, 9.17) is 20.8 Å². The van der Waals surface area contributed by atoms with Crippen LogP contribution < -0.4 is 15.4 Å². The number of urea groups is 1. The molecule has 0 radical (unpaired) electrons. The summed E-state index contributed by atoms with van der Waals surface area (Å²) in [5.41, 5.74) is 0.447. The smallest absolute Gasteiger partial charge is 0.320 e. The molecule has 2 rings (SSSR count). The maximum absolute atomic E-state index is 12.1. The Hall–Kier alpha value is -2.18. The molecule has 0 aliphatic carbocycles. The SMILES string of the molecule is CCOc1c(Cl)cccc1NC(=O)N[C@H](CO)c1ccco1. The fourth-order valence-electron chi connectivity index (χ4n) is 1.91. The maximum Gasteiger partial charge on any atom is 0.320 e. The first-order chi connectivity index (χ1) is 10.7. The molecule has 0 bridgehead atoms. The van der Waals surface area contributed by atoms with E-state index in [1.165, 1.54) is 6.26 Å². The molecule has 1 atom stereocenters. The van der Waals surface area contributed by atoms with E-state index >= 15 is 0 Å². The number of amides is 2. The zero-order valence-electron chi connectivity index (χ0n) is 12.0. The lowest BCUT2D eigenvalue weighted by atomic mass is 10.2. The molecule has 1 aromatic carbocycles. The van der Waals surface area contributed by atoms with Crippen LogP contribution in [-0.4, -0.2) is 24.4 Å². The minimum atomic E-state index is -0.635. The van der Waals surface area contributed by atoms with Gasteiger partial charge in [-0.1, -0.05) is 17.7 Å². The van der Waals surface area contributed by atoms with Crippen molar-refractivity contribution in [2.75, 3.05) is 18.5 Å². The summed E-state index contributed by atoms with van der Waals surface area (Å²) in [5, 5.41) is 15.0. The molecule has 0 saturated heterocycles. The van der Waals surface area contributed by atoms with Crippen molar-refractivity contribution in [3.8, 4) is 5.75 Å². The zero-order valence-corrected chi connectivity index (χ0v) is 12.8. The molecule has 0 aliphatic heterocycles. The van der Waals surface area contributed by atoms with Crippen molar-refractivity contribution in [1.82, 2.24) is 5.32 Å². The highest BCUT2D eigenvalue weighted by molar-refractivity contribution is 6.32. The van der Waals surface area contributed by atoms with Crippen LogP contribution in [0.2, 0.25) is 5.02 Å². The van der Waals surface area contributed by atoms with Gasteiger partial charge in [-0.25, -0.2) is 4.79 Å². The van der Waals surface area contributed by atoms with Crippen molar-refractivity contribution >= 4 is 23.3 Å². The van der Waals surface area contributed by atoms with Gasteiger partial charge >= 0.3 is 6.03 Å². The molecule has 0 saturated carbocycles. The van der Waals surface area contributed by atoms with Crippen molar-refractivity contribution < 1.29 is 19.1 Å². The lowest BCUT2D eigenvalue weighted by molar-refractivity contribution is 0.215. The van der Waals surface area contributed by atoms with E-state index in [0.29, 0.717) is 28.8 Å². The van der Waals surface area contributed by atoms with E-state index in [-0.39, 0.29) is 6.61 Å². The third-order valence-corrected chi connectivity index (χ3v) is 3.18. The van der Waals surface area contributed by atoms with E-state index in [1.54, 1.807) is 30.3 Å². The molecule has 1 heterocycles. The van der Waals surface area contributed by atoms with Crippen molar-refractivity contribution in [2.45, 2.75) is 13.0 Å². The van der Waals surface area contributed by atoms with Crippen LogP contribution in [0.15, 0.2) is 41.0 Å². The van der Waals surface area contributed by atoms with Crippen molar-refractivity contribution in [3.63, 3.8) is 0 Å². The predicted octanol–water partition coefficient (Wildman–Crippen LogP) is 3.19. The first kappa shape index (κ1) is 16.2. The quantitative estimate of drug-likeness (QED) is 0.762. The number of nitrogens with one attached hydrogen (secondary N) is 2. The molecule has 118 valence electrons. The molecule has 0 spiro atoms. The van der Waals surface area contributed by atoms with E-state index in [2.05, 4.69) is 10.6 Å². The van der Waals surface area contributed by atoms with Crippen LogP contribution in [0, 0.1) is 0 Å². The number of rotatable bonds is 6. The van der Waals surface area contributed by atoms with Gasteiger partial charge in [-0.15, -0.1) is 0 Å². The molecule has 1 aromatic heterocycles. The van der Waals surface area contributed by atoms with Crippen molar-refractivity contribution in [2.24, 2.45) is 0 Å². The van der Waals surface area contributed by atoms with Crippen LogP contribution >= 0.6 is 11.6 Å². The van der Waals surface area contributed by atoms with Gasteiger partial charge in [-0.3, -0.25) is 0 Å². The summed E-state index contributed by atoms with van der Waals surface area (Å²) in [5.74, 6) is 0.870. The van der Waals surface area contributed by atoms with E-state index in [0.717, 1.165) is 0 Å². The Kier molecular flexibility index (Phi) is 5.68. The third-order valence-electron chi connectivity index (χ3n) is 2.88. The number of hydrogen-bond donors (Lipinski definition) is 3. The van der Waals surface area contributed by atoms with Crippen LogP contribution in [0.25, 0.3) is 0 Å². The molecule has 22 heavy (non-hydrogen) atoms. The highest BCUT2D eigenvalue weighted by atomic mass is 35.5. The topological polar surface area (TPSA) is 83.7 Å². The van der Waals surface area contributed by atoms with E-state index < -0.39 is 12.1 Å². The molecule has 0 fully saturated rings. The van der Waals surface area contributed by atoms with Gasteiger partial charge < -0.3 is 24.9 Å². The first-order valence-electron chi connectivity index (χ1n) is 6.78. The number of carbonyl (C=O) groups is 1. The van der Waals surface area contributed by atoms with Gasteiger partial charge in [0.1, 0.15) is 11.8 Å². The number of halogens is 1. The summed E-state index contributed by atoms with van der Waals surface area (Å²) in [6, 6.07) is 7.28. The zero-order chi connectivity index (χ0) is 15.9. The fourth-order valence-corrected chi connectivity index (χ4v) is 2.14. The largest absolute Gasteiger partial charge is 0.490 e. The summed E-state index contributed by atoms with van der Waals surface area (Å²) in [4.78, 5) is 12.1. The van der Waals surface area contributed by atoms with Crippen molar-refractivity contribution in [1.29, 1.82) is 0 Å². The molecular weight excluding hydrogens is 308 g/mol. The standard InChI is InChI=1S/C15H17ClN2O4/c1-2-21-14-10(16)5-3-6-11(14)17-15(20)18-12(9-19)13-7-4-8-22-13/h3-8,12,19H,2,9H2,1H3,(H2,17,18,20)/t12-/m1/s1. The monoisotopic (exact) mass is 324 g/mol. The Morgan fingerprint density at radius 1 is 1.41 bits per heavy atom. The van der Waals surface area contributed by atoms with Gasteiger partial charge in [-0.05, 0) is 31.2 Å². The predicted molar refractivity (Wildman–Crippen MR) is 83.3 cm³/mol. The molecule has 0 aliphatic rings. The Labute approximate surface area is 133 Å². The van der Waals surface area contributed by atoms with Gasteiger partial charge in [0.05, 0.1) is 30.2 Å². The second-order valence-electron chi connectivity index (χ2n) is 4.40. The maximum atomic E-state index is 12.1. The number of ether oxygens (including phenoxy) is 1. The number of para-hydroxylation sites is 1. The molecule has 2 amide bonds. The molecule has 7 heteroatoms. The Morgan fingerprint density at radius 3 is 2.86 bits per heavy atom. The highest BCUT2D eigenvalue weighted by Gasteiger charge is 2.17. The third kappa shape index (κ3) is 3.93. The number of furan rings is 1. The normalized spacial score (nSPS) is 11.8. The van der Waals surface area contributed by atoms with Gasteiger partial charge in [0.15, 0.2) is 5.75 Å². The number of carbonyl (C=O) groups excluding carboxylic acids is 1. The van der Waals surface area contributed by atoms with Crippen LogP contribution in [0.4, 0.5) is 10.5 Å². The van der Waals surface area contributed by atoms with Crippen LogP contribution in [0.5, 0.6) is 5.75 Å². The summed E-state index contributed by atoms with van der Waals surface area (Å²) in [6.07, 6.45) is 1.47. The number of anilines is 1. The van der Waals surface area contributed by atoms with Gasteiger partial charge in [-0.2, -0.15) is 0 Å². The van der Waals surface area contributed by atoms with Gasteiger partial charge in [0.25, 0.3) is 0 Å². The molecule has 3 N–H and O–H groups in total. The summed E-state index contributed by atoms with van der Waals surface area (Å²) < 4.78 is 10.6. The van der Waals surface area contributed by atoms with E-state index in [1.807, 2.05) is 6.92 Å². The minimum Gasteiger partial charge on any atom is -0.490 e. The summed E-state index contributed by atoms with van der Waals surface area (Å²) >= 11 is 6.05. The minimum absolute atomic E-state index is 0.283. The lowest BCUT2D eigenvalue weighted by Crippen LogP contribution is -2.34. The summed E-state index contributed by atoms with van der Waals surface area (Å²) in [6.45, 7) is 1.96. The second kappa shape index (κ2) is 7.72. The van der Waals surface area contributed by atoms with Gasteiger partial charge in [0.2, 0.25) is 0 Å². The molecular formula is C15H17ClN2O4. The number of hydrogen-bond acceptors (Lipinski definition) is 4. The fraction of sp³-hybridized carbons (Fsp3) is 0.267. The van der Waals surface area contributed by atoms with E-state index in [9.17, 15) is 9.90 Å². The van der Waals surface area contributed by atoms with Gasteiger partial charge in [0, 0.05) is 0 Å². The molecule has 6 nitrogen and oxygen atoms in total. The van der Waals surface area contributed by atoms with Crippen LogP contribution in [0.3, 0.4) is 0 Å². The highest BCUT2D eigenvalue weighted by Crippen LogP contribution is 2.32. The Morgan fingerprint density at radius 2 is 2.23 bits per heavy atom. The Balaban J connectivity index is 2.07. The Bertz CT molecular complexity index is 616. The summed E-state index contributed by atoms with van der Waals surface area (Å²) in [7, 11) is 0.